The standard InChI is InChI=1S/C21H19BrN2O3/c22-18-6-7-19(23-10-9-15-3-1-2-4-17(15)14-23)16(13-18)5-8-20(25)24-11-12-27-21(24)26/h1-8,13H,9-12,14H2/b8-5+. The van der Waals surface area contributed by atoms with E-state index in [9.17, 15) is 9.59 Å². The largest absolute Gasteiger partial charge is 0.447 e. The summed E-state index contributed by atoms with van der Waals surface area (Å²) in [6, 6.07) is 14.6. The van der Waals surface area contributed by atoms with Crippen LogP contribution in [-0.2, 0) is 22.5 Å². The van der Waals surface area contributed by atoms with E-state index in [4.69, 9.17) is 4.74 Å². The van der Waals surface area contributed by atoms with Gasteiger partial charge in [-0.3, -0.25) is 4.79 Å². The Morgan fingerprint density at radius 2 is 1.93 bits per heavy atom. The van der Waals surface area contributed by atoms with Crippen LogP contribution in [0.5, 0.6) is 0 Å². The van der Waals surface area contributed by atoms with E-state index in [0.717, 1.165) is 40.1 Å². The van der Waals surface area contributed by atoms with Crippen molar-refractivity contribution >= 4 is 39.7 Å². The number of fused-ring (bicyclic) bond motifs is 1. The van der Waals surface area contributed by atoms with Gasteiger partial charge in [0.1, 0.15) is 6.61 Å². The van der Waals surface area contributed by atoms with Crippen molar-refractivity contribution in [3.05, 3.63) is 69.7 Å². The lowest BCUT2D eigenvalue weighted by Crippen LogP contribution is -2.31. The second-order valence-electron chi connectivity index (χ2n) is 6.58. The van der Waals surface area contributed by atoms with Gasteiger partial charge in [-0.25, -0.2) is 9.69 Å². The maximum Gasteiger partial charge on any atom is 0.416 e. The first kappa shape index (κ1) is 17.8. The highest BCUT2D eigenvalue weighted by Gasteiger charge is 2.26. The molecule has 0 saturated carbocycles. The molecule has 0 unspecified atom stereocenters. The van der Waals surface area contributed by atoms with Crippen molar-refractivity contribution in [2.45, 2.75) is 13.0 Å². The molecule has 27 heavy (non-hydrogen) atoms. The number of carbonyl (C=O) groups excluding carboxylic acids is 2. The van der Waals surface area contributed by atoms with Crippen LogP contribution < -0.4 is 4.90 Å². The van der Waals surface area contributed by atoms with Gasteiger partial charge in [0, 0.05) is 29.3 Å². The van der Waals surface area contributed by atoms with E-state index in [-0.39, 0.29) is 12.5 Å². The van der Waals surface area contributed by atoms with Gasteiger partial charge in [0.2, 0.25) is 0 Å². The topological polar surface area (TPSA) is 49.9 Å². The van der Waals surface area contributed by atoms with Crippen LogP contribution in [-0.4, -0.2) is 36.6 Å². The van der Waals surface area contributed by atoms with Crippen molar-refractivity contribution in [2.75, 3.05) is 24.6 Å². The van der Waals surface area contributed by atoms with E-state index in [1.165, 1.54) is 17.2 Å². The van der Waals surface area contributed by atoms with Gasteiger partial charge in [-0.2, -0.15) is 0 Å². The fourth-order valence-electron chi connectivity index (χ4n) is 3.49. The summed E-state index contributed by atoms with van der Waals surface area (Å²) in [5.41, 5.74) is 4.73. The van der Waals surface area contributed by atoms with E-state index >= 15 is 0 Å². The van der Waals surface area contributed by atoms with Crippen LogP contribution in [0.3, 0.4) is 0 Å². The van der Waals surface area contributed by atoms with Crippen LogP contribution in [0.4, 0.5) is 10.5 Å². The average Bonchev–Trinajstić information content (AvgIpc) is 3.12. The summed E-state index contributed by atoms with van der Waals surface area (Å²) in [7, 11) is 0. The fourth-order valence-corrected chi connectivity index (χ4v) is 3.87. The minimum atomic E-state index is -0.577. The van der Waals surface area contributed by atoms with Crippen LogP contribution in [0.2, 0.25) is 0 Å². The molecule has 0 atom stereocenters. The van der Waals surface area contributed by atoms with Crippen molar-refractivity contribution in [2.24, 2.45) is 0 Å². The van der Waals surface area contributed by atoms with Crippen molar-refractivity contribution in [3.63, 3.8) is 0 Å². The molecule has 2 aliphatic heterocycles. The van der Waals surface area contributed by atoms with Crippen LogP contribution in [0.25, 0.3) is 6.08 Å². The van der Waals surface area contributed by atoms with Crippen molar-refractivity contribution in [1.82, 2.24) is 4.90 Å². The molecule has 5 nitrogen and oxygen atoms in total. The normalized spacial score (nSPS) is 16.6. The molecule has 0 aromatic heterocycles. The lowest BCUT2D eigenvalue weighted by molar-refractivity contribution is -0.122. The smallest absolute Gasteiger partial charge is 0.416 e. The molecule has 1 fully saturated rings. The molecule has 138 valence electrons. The molecular formula is C21H19BrN2O3. The van der Waals surface area contributed by atoms with Crippen LogP contribution in [0.1, 0.15) is 16.7 Å². The maximum absolute atomic E-state index is 12.3. The Kier molecular flexibility index (Phi) is 4.99. The predicted octanol–water partition coefficient (Wildman–Crippen LogP) is 4.00. The quantitative estimate of drug-likeness (QED) is 0.695. The van der Waals surface area contributed by atoms with Gasteiger partial charge in [0.25, 0.3) is 5.91 Å². The minimum absolute atomic E-state index is 0.258. The number of halogens is 1. The lowest BCUT2D eigenvalue weighted by atomic mass is 9.98. The SMILES string of the molecule is O=C(/C=C/c1cc(Br)ccc1N1CCc2ccccc2C1)N1CCOC1=O. The zero-order valence-corrected chi connectivity index (χ0v) is 16.3. The Hall–Kier alpha value is -2.60. The summed E-state index contributed by atoms with van der Waals surface area (Å²) in [5, 5.41) is 0. The molecular weight excluding hydrogens is 408 g/mol. The van der Waals surface area contributed by atoms with Gasteiger partial charge in [-0.05, 0) is 47.4 Å². The molecule has 2 amide bonds. The van der Waals surface area contributed by atoms with E-state index in [0.29, 0.717) is 6.54 Å². The van der Waals surface area contributed by atoms with Gasteiger partial charge in [0.15, 0.2) is 0 Å². The van der Waals surface area contributed by atoms with Gasteiger partial charge >= 0.3 is 6.09 Å². The summed E-state index contributed by atoms with van der Waals surface area (Å²) in [5.74, 6) is -0.354. The number of ether oxygens (including phenoxy) is 1. The number of amides is 2. The highest BCUT2D eigenvalue weighted by atomic mass is 79.9. The summed E-state index contributed by atoms with van der Waals surface area (Å²) < 4.78 is 5.77. The fraction of sp³-hybridized carbons (Fsp3) is 0.238. The molecule has 2 aromatic rings. The third-order valence-electron chi connectivity index (χ3n) is 4.89. The lowest BCUT2D eigenvalue weighted by Gasteiger charge is -2.32. The first-order valence-corrected chi connectivity index (χ1v) is 9.69. The molecule has 0 N–H and O–H groups in total. The zero-order valence-electron chi connectivity index (χ0n) is 14.7. The third-order valence-corrected chi connectivity index (χ3v) is 5.39. The van der Waals surface area contributed by atoms with Gasteiger partial charge in [-0.15, -0.1) is 0 Å². The van der Waals surface area contributed by atoms with Crippen LogP contribution >= 0.6 is 15.9 Å². The molecule has 2 heterocycles. The Morgan fingerprint density at radius 1 is 1.11 bits per heavy atom. The van der Waals surface area contributed by atoms with Crippen molar-refractivity contribution in [3.8, 4) is 0 Å². The number of hydrogen-bond acceptors (Lipinski definition) is 4. The number of cyclic esters (lactones) is 1. The average molecular weight is 427 g/mol. The third kappa shape index (κ3) is 3.76. The molecule has 6 heteroatoms. The Balaban J connectivity index is 1.59. The predicted molar refractivity (Wildman–Crippen MR) is 107 cm³/mol. The monoisotopic (exact) mass is 426 g/mol. The molecule has 4 rings (SSSR count). The second-order valence-corrected chi connectivity index (χ2v) is 7.50. The number of rotatable bonds is 3. The summed E-state index contributed by atoms with van der Waals surface area (Å²) in [6.45, 7) is 2.32. The van der Waals surface area contributed by atoms with Crippen LogP contribution in [0, 0.1) is 0 Å². The first-order chi connectivity index (χ1) is 13.1. The molecule has 2 aliphatic rings. The highest BCUT2D eigenvalue weighted by Crippen LogP contribution is 2.30. The highest BCUT2D eigenvalue weighted by molar-refractivity contribution is 9.10. The number of carbonyl (C=O) groups is 2. The molecule has 0 bridgehead atoms. The number of benzene rings is 2. The number of hydrogen-bond donors (Lipinski definition) is 0. The van der Waals surface area contributed by atoms with Gasteiger partial charge in [0.05, 0.1) is 6.54 Å². The molecule has 0 aliphatic carbocycles. The maximum atomic E-state index is 12.3. The number of imide groups is 1. The van der Waals surface area contributed by atoms with Gasteiger partial charge < -0.3 is 9.64 Å². The minimum Gasteiger partial charge on any atom is -0.447 e. The molecule has 0 spiro atoms. The van der Waals surface area contributed by atoms with Crippen molar-refractivity contribution in [1.29, 1.82) is 0 Å². The molecule has 1 saturated heterocycles. The Labute approximate surface area is 166 Å². The van der Waals surface area contributed by atoms with E-state index in [1.807, 2.05) is 12.1 Å². The summed E-state index contributed by atoms with van der Waals surface area (Å²) in [6.07, 6.45) is 3.63. The van der Waals surface area contributed by atoms with Crippen molar-refractivity contribution < 1.29 is 14.3 Å². The Morgan fingerprint density at radius 3 is 2.70 bits per heavy atom. The van der Waals surface area contributed by atoms with Gasteiger partial charge in [-0.1, -0.05) is 40.2 Å². The molecule has 0 radical (unpaired) electrons. The number of nitrogens with zero attached hydrogens (tertiary/aromatic N) is 2. The second kappa shape index (κ2) is 7.56. The summed E-state index contributed by atoms with van der Waals surface area (Å²) >= 11 is 3.51. The molecule has 2 aromatic carbocycles. The summed E-state index contributed by atoms with van der Waals surface area (Å²) in [4.78, 5) is 27.3. The van der Waals surface area contributed by atoms with E-state index < -0.39 is 6.09 Å². The van der Waals surface area contributed by atoms with Crippen LogP contribution in [0.15, 0.2) is 53.0 Å². The zero-order chi connectivity index (χ0) is 18.8. The van der Waals surface area contributed by atoms with E-state index in [1.54, 1.807) is 6.08 Å². The Bertz CT molecular complexity index is 925. The number of anilines is 1. The van der Waals surface area contributed by atoms with E-state index in [2.05, 4.69) is 51.2 Å². The first-order valence-electron chi connectivity index (χ1n) is 8.89.